The zero-order chi connectivity index (χ0) is 12.3. The van der Waals surface area contributed by atoms with E-state index in [1.165, 1.54) is 24.3 Å². The van der Waals surface area contributed by atoms with E-state index in [4.69, 9.17) is 5.11 Å². The molecule has 0 saturated carbocycles. The van der Waals surface area contributed by atoms with Crippen LogP contribution < -0.4 is 0 Å². The predicted molar refractivity (Wildman–Crippen MR) is 59.7 cm³/mol. The molecule has 0 radical (unpaired) electrons. The second-order valence-electron chi connectivity index (χ2n) is 3.82. The Bertz CT molecular complexity index is 454. The fourth-order valence-corrected chi connectivity index (χ4v) is 2.38. The Balaban J connectivity index is 3.18. The normalized spacial score (nSPS) is 14.1. The molecule has 0 aliphatic heterocycles. The first-order chi connectivity index (χ1) is 7.39. The highest BCUT2D eigenvalue weighted by atomic mass is 32.2. The standard InChI is InChI=1S/C11H15FO3S/c1-8(2)16(14,15)10-5-3-4-9(6-10)11(12)7-13/h3-6,8,11,13H,7H2,1-2H3. The van der Waals surface area contributed by atoms with Crippen LogP contribution in [-0.2, 0) is 9.84 Å². The topological polar surface area (TPSA) is 54.4 Å². The minimum absolute atomic E-state index is 0.0936. The van der Waals surface area contributed by atoms with Gasteiger partial charge in [0.15, 0.2) is 9.84 Å². The minimum atomic E-state index is -3.39. The molecule has 0 bridgehead atoms. The third-order valence-electron chi connectivity index (χ3n) is 2.33. The number of alkyl halides is 1. The molecule has 16 heavy (non-hydrogen) atoms. The van der Waals surface area contributed by atoms with Gasteiger partial charge in [0, 0.05) is 0 Å². The second kappa shape index (κ2) is 4.93. The summed E-state index contributed by atoms with van der Waals surface area (Å²) in [7, 11) is -3.39. The molecule has 0 fully saturated rings. The molecule has 1 aromatic rings. The molecule has 1 rings (SSSR count). The van der Waals surface area contributed by atoms with Crippen LogP contribution in [0, 0.1) is 0 Å². The number of halogens is 1. The van der Waals surface area contributed by atoms with Crippen LogP contribution in [-0.4, -0.2) is 25.4 Å². The molecule has 1 N–H and O–H groups in total. The average Bonchev–Trinajstić information content (AvgIpc) is 2.28. The van der Waals surface area contributed by atoms with Gasteiger partial charge in [0.25, 0.3) is 0 Å². The number of aliphatic hydroxyl groups excluding tert-OH is 1. The first-order valence-electron chi connectivity index (χ1n) is 4.98. The highest BCUT2D eigenvalue weighted by Crippen LogP contribution is 2.22. The van der Waals surface area contributed by atoms with Crippen molar-refractivity contribution in [3.63, 3.8) is 0 Å². The lowest BCUT2D eigenvalue weighted by molar-refractivity contribution is 0.179. The van der Waals surface area contributed by atoms with Crippen molar-refractivity contribution in [1.82, 2.24) is 0 Å². The third-order valence-corrected chi connectivity index (χ3v) is 4.48. The maximum absolute atomic E-state index is 13.2. The van der Waals surface area contributed by atoms with Crippen LogP contribution in [0.25, 0.3) is 0 Å². The summed E-state index contributed by atoms with van der Waals surface area (Å²) >= 11 is 0. The number of hydrogen-bond acceptors (Lipinski definition) is 3. The molecule has 0 aromatic heterocycles. The highest BCUT2D eigenvalue weighted by Gasteiger charge is 2.20. The van der Waals surface area contributed by atoms with E-state index in [0.29, 0.717) is 0 Å². The zero-order valence-corrected chi connectivity index (χ0v) is 10.0. The summed E-state index contributed by atoms with van der Waals surface area (Å²) in [6.45, 7) is 2.49. The zero-order valence-electron chi connectivity index (χ0n) is 9.22. The Morgan fingerprint density at radius 1 is 1.38 bits per heavy atom. The summed E-state index contributed by atoms with van der Waals surface area (Å²) in [5.41, 5.74) is 0.184. The highest BCUT2D eigenvalue weighted by molar-refractivity contribution is 7.92. The molecule has 0 aliphatic carbocycles. The molecule has 0 saturated heterocycles. The summed E-state index contributed by atoms with van der Waals surface area (Å²) in [6.07, 6.45) is -1.54. The van der Waals surface area contributed by atoms with E-state index in [1.54, 1.807) is 13.8 Å². The molecular weight excluding hydrogens is 231 g/mol. The van der Waals surface area contributed by atoms with Crippen LogP contribution in [0.5, 0.6) is 0 Å². The van der Waals surface area contributed by atoms with Crippen molar-refractivity contribution in [1.29, 1.82) is 0 Å². The molecule has 3 nitrogen and oxygen atoms in total. The lowest BCUT2D eigenvalue weighted by Crippen LogP contribution is -2.14. The van der Waals surface area contributed by atoms with Gasteiger partial charge in [-0.2, -0.15) is 0 Å². The van der Waals surface area contributed by atoms with Crippen LogP contribution in [0.15, 0.2) is 29.2 Å². The molecule has 0 amide bonds. The van der Waals surface area contributed by atoms with E-state index in [1.807, 2.05) is 0 Å². The van der Waals surface area contributed by atoms with Gasteiger partial charge in [-0.05, 0) is 31.5 Å². The Labute approximate surface area is 94.8 Å². The largest absolute Gasteiger partial charge is 0.393 e. The SMILES string of the molecule is CC(C)S(=O)(=O)c1cccc(C(F)CO)c1. The number of benzene rings is 1. The molecule has 0 aliphatic rings. The molecule has 0 heterocycles. The van der Waals surface area contributed by atoms with Gasteiger partial charge in [-0.15, -0.1) is 0 Å². The first kappa shape index (κ1) is 13.1. The van der Waals surface area contributed by atoms with E-state index in [-0.39, 0.29) is 10.5 Å². The van der Waals surface area contributed by atoms with Gasteiger partial charge in [0.2, 0.25) is 0 Å². The van der Waals surface area contributed by atoms with Crippen molar-refractivity contribution >= 4 is 9.84 Å². The van der Waals surface area contributed by atoms with Crippen LogP contribution >= 0.6 is 0 Å². The molecule has 5 heteroatoms. The van der Waals surface area contributed by atoms with Gasteiger partial charge >= 0.3 is 0 Å². The van der Waals surface area contributed by atoms with Gasteiger partial charge in [-0.25, -0.2) is 12.8 Å². The lowest BCUT2D eigenvalue weighted by Gasteiger charge is -2.10. The maximum atomic E-state index is 13.2. The molecule has 1 atom stereocenters. The van der Waals surface area contributed by atoms with E-state index in [0.717, 1.165) is 0 Å². The van der Waals surface area contributed by atoms with Gasteiger partial charge in [-0.3, -0.25) is 0 Å². The minimum Gasteiger partial charge on any atom is -0.393 e. The van der Waals surface area contributed by atoms with E-state index in [2.05, 4.69) is 0 Å². The van der Waals surface area contributed by atoms with Crippen molar-refractivity contribution in [2.24, 2.45) is 0 Å². The maximum Gasteiger partial charge on any atom is 0.180 e. The van der Waals surface area contributed by atoms with E-state index < -0.39 is 27.9 Å². The third kappa shape index (κ3) is 2.59. The number of hydrogen-bond donors (Lipinski definition) is 1. The summed E-state index contributed by atoms with van der Waals surface area (Å²) in [4.78, 5) is 0.0936. The van der Waals surface area contributed by atoms with Crippen molar-refractivity contribution < 1.29 is 17.9 Å². The lowest BCUT2D eigenvalue weighted by atomic mass is 10.1. The molecule has 90 valence electrons. The fraction of sp³-hybridized carbons (Fsp3) is 0.455. The van der Waals surface area contributed by atoms with Crippen molar-refractivity contribution in [3.8, 4) is 0 Å². The molecule has 1 aromatic carbocycles. The van der Waals surface area contributed by atoms with Crippen molar-refractivity contribution in [2.75, 3.05) is 6.61 Å². The van der Waals surface area contributed by atoms with Crippen LogP contribution in [0.3, 0.4) is 0 Å². The monoisotopic (exact) mass is 246 g/mol. The van der Waals surface area contributed by atoms with Crippen molar-refractivity contribution in [3.05, 3.63) is 29.8 Å². The van der Waals surface area contributed by atoms with Gasteiger partial charge in [0.1, 0.15) is 6.17 Å². The fourth-order valence-electron chi connectivity index (χ4n) is 1.26. The number of rotatable bonds is 4. The quantitative estimate of drug-likeness (QED) is 0.882. The Hall–Kier alpha value is -0.940. The van der Waals surface area contributed by atoms with Gasteiger partial charge < -0.3 is 5.11 Å². The molecule has 1 unspecified atom stereocenters. The van der Waals surface area contributed by atoms with E-state index in [9.17, 15) is 12.8 Å². The number of aliphatic hydroxyl groups is 1. The molecule has 0 spiro atoms. The Morgan fingerprint density at radius 3 is 2.50 bits per heavy atom. The smallest absolute Gasteiger partial charge is 0.180 e. The first-order valence-corrected chi connectivity index (χ1v) is 6.53. The Kier molecular flexibility index (Phi) is 4.04. The molecular formula is C11H15FO3S. The van der Waals surface area contributed by atoms with Crippen molar-refractivity contribution in [2.45, 2.75) is 30.2 Å². The summed E-state index contributed by atoms with van der Waals surface area (Å²) < 4.78 is 36.8. The van der Waals surface area contributed by atoms with Crippen LogP contribution in [0.2, 0.25) is 0 Å². The number of sulfone groups is 1. The summed E-state index contributed by atoms with van der Waals surface area (Å²) in [5, 5.41) is 8.12. The van der Waals surface area contributed by atoms with E-state index >= 15 is 0 Å². The second-order valence-corrected chi connectivity index (χ2v) is 6.32. The van der Waals surface area contributed by atoms with Crippen LogP contribution in [0.1, 0.15) is 25.6 Å². The van der Waals surface area contributed by atoms with Gasteiger partial charge in [0.05, 0.1) is 16.8 Å². The summed E-state index contributed by atoms with van der Waals surface area (Å²) in [5.74, 6) is 0. The average molecular weight is 246 g/mol. The summed E-state index contributed by atoms with van der Waals surface area (Å²) in [6, 6.07) is 5.65. The Morgan fingerprint density at radius 2 is 2.00 bits per heavy atom. The predicted octanol–water partition coefficient (Wildman–Crippen LogP) is 1.87. The van der Waals surface area contributed by atoms with Crippen LogP contribution in [0.4, 0.5) is 4.39 Å². The van der Waals surface area contributed by atoms with Gasteiger partial charge in [-0.1, -0.05) is 12.1 Å².